The second-order valence-corrected chi connectivity index (χ2v) is 4.66. The molecule has 1 aromatic heterocycles. The van der Waals surface area contributed by atoms with Gasteiger partial charge in [0.1, 0.15) is 5.75 Å². The first-order valence-corrected chi connectivity index (χ1v) is 6.05. The molecule has 0 aliphatic carbocycles. The number of aromatic nitrogens is 1. The van der Waals surface area contributed by atoms with Gasteiger partial charge in [0.2, 0.25) is 0 Å². The molecule has 1 aromatic rings. The summed E-state index contributed by atoms with van der Waals surface area (Å²) in [5.74, 6) is 1.24. The van der Waals surface area contributed by atoms with E-state index in [0.717, 1.165) is 36.9 Å². The van der Waals surface area contributed by atoms with Crippen molar-refractivity contribution < 1.29 is 9.47 Å². The van der Waals surface area contributed by atoms with E-state index in [1.165, 1.54) is 0 Å². The van der Waals surface area contributed by atoms with E-state index in [0.29, 0.717) is 12.0 Å². The molecule has 4 heteroatoms. The summed E-state index contributed by atoms with van der Waals surface area (Å²) in [7, 11) is 1.69. The molecule has 1 fully saturated rings. The molecular weight excluding hydrogens is 216 g/mol. The third-order valence-electron chi connectivity index (χ3n) is 2.92. The molecule has 94 valence electrons. The highest BCUT2D eigenvalue weighted by molar-refractivity contribution is 5.31. The summed E-state index contributed by atoms with van der Waals surface area (Å²) in [5.41, 5.74) is 2.08. The minimum absolute atomic E-state index is 0.372. The van der Waals surface area contributed by atoms with Crippen LogP contribution in [0, 0.1) is 0 Å². The van der Waals surface area contributed by atoms with E-state index in [4.69, 9.17) is 9.47 Å². The lowest BCUT2D eigenvalue weighted by atomic mass is 10.1. The zero-order chi connectivity index (χ0) is 12.3. The average molecular weight is 236 g/mol. The molecule has 1 N–H and O–H groups in total. The molecule has 2 heterocycles. The van der Waals surface area contributed by atoms with Gasteiger partial charge in [-0.3, -0.25) is 4.98 Å². The number of hydrogen-bond donors (Lipinski definition) is 1. The van der Waals surface area contributed by atoms with Gasteiger partial charge in [-0.1, -0.05) is 13.8 Å². The van der Waals surface area contributed by atoms with Crippen molar-refractivity contribution in [2.24, 2.45) is 0 Å². The highest BCUT2D eigenvalue weighted by atomic mass is 16.5. The number of nitrogens with one attached hydrogen (secondary N) is 1. The summed E-state index contributed by atoms with van der Waals surface area (Å²) >= 11 is 0. The smallest absolute Gasteiger partial charge is 0.140 e. The van der Waals surface area contributed by atoms with E-state index in [-0.39, 0.29) is 0 Å². The normalized spacial score (nSPS) is 16.0. The molecule has 0 atom stereocenters. The van der Waals surface area contributed by atoms with Crippen molar-refractivity contribution >= 4 is 0 Å². The number of rotatable bonds is 5. The number of pyridine rings is 1. The third kappa shape index (κ3) is 2.96. The van der Waals surface area contributed by atoms with Crippen molar-refractivity contribution in [2.75, 3.05) is 20.3 Å². The molecule has 0 aromatic carbocycles. The van der Waals surface area contributed by atoms with Crippen LogP contribution in [0.25, 0.3) is 0 Å². The monoisotopic (exact) mass is 236 g/mol. The predicted octanol–water partition coefficient (Wildman–Crippen LogP) is 1.70. The Morgan fingerprint density at radius 1 is 1.47 bits per heavy atom. The van der Waals surface area contributed by atoms with Gasteiger partial charge in [-0.2, -0.15) is 0 Å². The molecule has 0 saturated carbocycles. The first-order chi connectivity index (χ1) is 8.20. The van der Waals surface area contributed by atoms with Gasteiger partial charge in [-0.25, -0.2) is 0 Å². The van der Waals surface area contributed by atoms with Gasteiger partial charge in [0, 0.05) is 6.54 Å². The summed E-state index contributed by atoms with van der Waals surface area (Å²) in [4.78, 5) is 4.65. The van der Waals surface area contributed by atoms with Crippen molar-refractivity contribution in [3.8, 4) is 5.75 Å². The topological polar surface area (TPSA) is 43.4 Å². The van der Waals surface area contributed by atoms with Gasteiger partial charge in [-0.15, -0.1) is 0 Å². The molecular formula is C13H20N2O2. The maximum Gasteiger partial charge on any atom is 0.140 e. The highest BCUT2D eigenvalue weighted by Crippen LogP contribution is 2.24. The van der Waals surface area contributed by atoms with E-state index >= 15 is 0 Å². The third-order valence-corrected chi connectivity index (χ3v) is 2.92. The van der Waals surface area contributed by atoms with Gasteiger partial charge < -0.3 is 14.8 Å². The lowest BCUT2D eigenvalue weighted by molar-refractivity contribution is -0.00591. The van der Waals surface area contributed by atoms with E-state index in [2.05, 4.69) is 24.1 Å². The van der Waals surface area contributed by atoms with Crippen molar-refractivity contribution in [3.05, 3.63) is 23.5 Å². The standard InChI is InChI=1S/C13H20N2O2/c1-9(2)13-12(16-3)5-4-10(15-13)6-14-11-7-17-8-11/h4-5,9,11,14H,6-8H2,1-3H3. The van der Waals surface area contributed by atoms with Crippen LogP contribution in [0.4, 0.5) is 0 Å². The van der Waals surface area contributed by atoms with Crippen LogP contribution in [-0.2, 0) is 11.3 Å². The average Bonchev–Trinajstić information content (AvgIpc) is 2.26. The summed E-state index contributed by atoms with van der Waals surface area (Å²) in [5, 5.41) is 3.41. The van der Waals surface area contributed by atoms with Crippen molar-refractivity contribution in [2.45, 2.75) is 32.4 Å². The van der Waals surface area contributed by atoms with Crippen LogP contribution in [0.2, 0.25) is 0 Å². The fourth-order valence-electron chi connectivity index (χ4n) is 1.79. The summed E-state index contributed by atoms with van der Waals surface area (Å²) in [6.07, 6.45) is 0. The molecule has 17 heavy (non-hydrogen) atoms. The Labute approximate surface area is 102 Å². The highest BCUT2D eigenvalue weighted by Gasteiger charge is 2.17. The number of nitrogens with zero attached hydrogens (tertiary/aromatic N) is 1. The largest absolute Gasteiger partial charge is 0.495 e. The molecule has 0 amide bonds. The van der Waals surface area contributed by atoms with Gasteiger partial charge in [0.05, 0.1) is 37.8 Å². The Kier molecular flexibility index (Phi) is 3.97. The van der Waals surface area contributed by atoms with E-state index in [9.17, 15) is 0 Å². The molecule has 0 bridgehead atoms. The summed E-state index contributed by atoms with van der Waals surface area (Å²) in [6.45, 7) is 6.67. The summed E-state index contributed by atoms with van der Waals surface area (Å²) in [6, 6.07) is 4.50. The second-order valence-electron chi connectivity index (χ2n) is 4.66. The Balaban J connectivity index is 2.04. The SMILES string of the molecule is COc1ccc(CNC2COC2)nc1C(C)C. The van der Waals surface area contributed by atoms with Crippen molar-refractivity contribution in [1.29, 1.82) is 0 Å². The quantitative estimate of drug-likeness (QED) is 0.845. The predicted molar refractivity (Wildman–Crippen MR) is 66.3 cm³/mol. The van der Waals surface area contributed by atoms with Crippen LogP contribution in [-0.4, -0.2) is 31.3 Å². The Morgan fingerprint density at radius 2 is 2.24 bits per heavy atom. The van der Waals surface area contributed by atoms with Gasteiger partial charge >= 0.3 is 0 Å². The molecule has 0 radical (unpaired) electrons. The van der Waals surface area contributed by atoms with Crippen LogP contribution in [0.3, 0.4) is 0 Å². The van der Waals surface area contributed by atoms with E-state index < -0.39 is 0 Å². The number of ether oxygens (including phenoxy) is 2. The molecule has 1 saturated heterocycles. The molecule has 1 aliphatic rings. The second kappa shape index (κ2) is 5.47. The van der Waals surface area contributed by atoms with Crippen LogP contribution in [0.5, 0.6) is 5.75 Å². The molecule has 0 spiro atoms. The fraction of sp³-hybridized carbons (Fsp3) is 0.615. The van der Waals surface area contributed by atoms with Crippen LogP contribution in [0.15, 0.2) is 12.1 Å². The van der Waals surface area contributed by atoms with Gasteiger partial charge in [0.25, 0.3) is 0 Å². The van der Waals surface area contributed by atoms with Gasteiger partial charge in [0.15, 0.2) is 0 Å². The number of methoxy groups -OCH3 is 1. The van der Waals surface area contributed by atoms with Crippen LogP contribution in [0.1, 0.15) is 31.2 Å². The molecule has 2 rings (SSSR count). The van der Waals surface area contributed by atoms with Crippen molar-refractivity contribution in [3.63, 3.8) is 0 Å². The van der Waals surface area contributed by atoms with E-state index in [1.54, 1.807) is 7.11 Å². The minimum atomic E-state index is 0.372. The Hall–Kier alpha value is -1.13. The molecule has 1 aliphatic heterocycles. The van der Waals surface area contributed by atoms with Crippen LogP contribution < -0.4 is 10.1 Å². The Bertz CT molecular complexity index is 376. The van der Waals surface area contributed by atoms with Gasteiger partial charge in [-0.05, 0) is 18.1 Å². The zero-order valence-corrected chi connectivity index (χ0v) is 10.7. The first-order valence-electron chi connectivity index (χ1n) is 6.05. The zero-order valence-electron chi connectivity index (χ0n) is 10.7. The lowest BCUT2D eigenvalue weighted by Gasteiger charge is -2.27. The summed E-state index contributed by atoms with van der Waals surface area (Å²) < 4.78 is 10.4. The van der Waals surface area contributed by atoms with Crippen molar-refractivity contribution in [1.82, 2.24) is 10.3 Å². The minimum Gasteiger partial charge on any atom is -0.495 e. The first kappa shape index (κ1) is 12.3. The van der Waals surface area contributed by atoms with E-state index in [1.807, 2.05) is 12.1 Å². The number of hydrogen-bond acceptors (Lipinski definition) is 4. The lowest BCUT2D eigenvalue weighted by Crippen LogP contribution is -2.45. The van der Waals surface area contributed by atoms with Crippen LogP contribution >= 0.6 is 0 Å². The molecule has 4 nitrogen and oxygen atoms in total. The molecule has 0 unspecified atom stereocenters. The Morgan fingerprint density at radius 3 is 2.76 bits per heavy atom. The fourth-order valence-corrected chi connectivity index (χ4v) is 1.79. The maximum atomic E-state index is 5.32. The maximum absolute atomic E-state index is 5.32.